The van der Waals surface area contributed by atoms with Gasteiger partial charge in [0.05, 0.1) is 30.4 Å². The van der Waals surface area contributed by atoms with E-state index in [0.717, 1.165) is 50.6 Å². The van der Waals surface area contributed by atoms with Gasteiger partial charge in [-0.2, -0.15) is 0 Å². The van der Waals surface area contributed by atoms with Crippen LogP contribution in [0.15, 0.2) is 24.5 Å². The Kier molecular flexibility index (Phi) is 5.48. The molecule has 0 aromatic carbocycles. The number of morpholine rings is 1. The van der Waals surface area contributed by atoms with Gasteiger partial charge in [-0.25, -0.2) is 4.98 Å². The van der Waals surface area contributed by atoms with Gasteiger partial charge in [0, 0.05) is 32.0 Å². The molecule has 6 nitrogen and oxygen atoms in total. The summed E-state index contributed by atoms with van der Waals surface area (Å²) in [6.45, 7) is 5.27. The van der Waals surface area contributed by atoms with Crippen molar-refractivity contribution in [2.75, 3.05) is 39.4 Å². The van der Waals surface area contributed by atoms with E-state index in [0.29, 0.717) is 11.6 Å². The number of ether oxygens (including phenoxy) is 1. The Morgan fingerprint density at radius 2 is 2.13 bits per heavy atom. The van der Waals surface area contributed by atoms with Gasteiger partial charge in [0.25, 0.3) is 0 Å². The van der Waals surface area contributed by atoms with Crippen molar-refractivity contribution in [2.24, 2.45) is 0 Å². The molecule has 0 aliphatic carbocycles. The van der Waals surface area contributed by atoms with E-state index in [4.69, 9.17) is 16.3 Å². The predicted molar refractivity (Wildman–Crippen MR) is 88.8 cm³/mol. The third kappa shape index (κ3) is 4.67. The van der Waals surface area contributed by atoms with Crippen LogP contribution in [0.2, 0.25) is 5.02 Å². The van der Waals surface area contributed by atoms with Gasteiger partial charge < -0.3 is 14.5 Å². The van der Waals surface area contributed by atoms with Gasteiger partial charge in [-0.05, 0) is 25.1 Å². The number of fused-ring (bicyclic) bond motifs is 1. The molecule has 0 bridgehead atoms. The standard InChI is InChI=1S/C16H21ClN4O2/c17-13-2-3-15-19-14(12-21(15)11-13)10-16(22)18-4-1-5-20-6-8-23-9-7-20/h2-3,11-12H,1,4-10H2,(H,18,22). The zero-order chi connectivity index (χ0) is 16.1. The Balaban J connectivity index is 1.41. The van der Waals surface area contributed by atoms with Gasteiger partial charge in [-0.3, -0.25) is 9.69 Å². The van der Waals surface area contributed by atoms with Crippen LogP contribution in [0.3, 0.4) is 0 Å². The van der Waals surface area contributed by atoms with E-state index in [1.54, 1.807) is 12.3 Å². The van der Waals surface area contributed by atoms with E-state index in [2.05, 4.69) is 15.2 Å². The maximum Gasteiger partial charge on any atom is 0.226 e. The third-order valence-corrected chi connectivity index (χ3v) is 4.11. The molecule has 0 saturated carbocycles. The summed E-state index contributed by atoms with van der Waals surface area (Å²) in [6, 6.07) is 3.63. The third-order valence-electron chi connectivity index (χ3n) is 3.88. The molecule has 2 aromatic heterocycles. The van der Waals surface area contributed by atoms with Crippen LogP contribution < -0.4 is 5.32 Å². The number of hydrogen-bond donors (Lipinski definition) is 1. The second-order valence-electron chi connectivity index (χ2n) is 5.68. The lowest BCUT2D eigenvalue weighted by atomic mass is 10.3. The first-order valence-corrected chi connectivity index (χ1v) is 8.28. The van der Waals surface area contributed by atoms with E-state index < -0.39 is 0 Å². The molecule has 1 saturated heterocycles. The van der Waals surface area contributed by atoms with Gasteiger partial charge in [-0.1, -0.05) is 11.6 Å². The summed E-state index contributed by atoms with van der Waals surface area (Å²) < 4.78 is 7.15. The number of pyridine rings is 1. The summed E-state index contributed by atoms with van der Waals surface area (Å²) in [5.41, 5.74) is 1.54. The number of carbonyl (C=O) groups is 1. The van der Waals surface area contributed by atoms with Crippen LogP contribution >= 0.6 is 11.6 Å². The minimum Gasteiger partial charge on any atom is -0.379 e. The molecule has 23 heavy (non-hydrogen) atoms. The van der Waals surface area contributed by atoms with Gasteiger partial charge in [0.1, 0.15) is 5.65 Å². The number of rotatable bonds is 6. The highest BCUT2D eigenvalue weighted by atomic mass is 35.5. The highest BCUT2D eigenvalue weighted by Gasteiger charge is 2.10. The molecule has 7 heteroatoms. The summed E-state index contributed by atoms with van der Waals surface area (Å²) in [5, 5.41) is 3.60. The van der Waals surface area contributed by atoms with Crippen LogP contribution in [-0.4, -0.2) is 59.6 Å². The summed E-state index contributed by atoms with van der Waals surface area (Å²) in [5.74, 6) is 0.00137. The number of hydrogen-bond acceptors (Lipinski definition) is 4. The average molecular weight is 337 g/mol. The summed E-state index contributed by atoms with van der Waals surface area (Å²) in [6.07, 6.45) is 4.87. The highest BCUT2D eigenvalue weighted by Crippen LogP contribution is 2.12. The number of amides is 1. The van der Waals surface area contributed by atoms with Gasteiger partial charge in [0.15, 0.2) is 0 Å². The van der Waals surface area contributed by atoms with E-state index in [9.17, 15) is 4.79 Å². The van der Waals surface area contributed by atoms with Crippen molar-refractivity contribution in [3.05, 3.63) is 35.2 Å². The predicted octanol–water partition coefficient (Wildman–Crippen LogP) is 1.37. The molecule has 0 atom stereocenters. The monoisotopic (exact) mass is 336 g/mol. The Morgan fingerprint density at radius 3 is 2.96 bits per heavy atom. The number of nitrogens with zero attached hydrogens (tertiary/aromatic N) is 3. The molecule has 1 fully saturated rings. The molecule has 3 heterocycles. The molecule has 3 rings (SSSR count). The Morgan fingerprint density at radius 1 is 1.30 bits per heavy atom. The van der Waals surface area contributed by atoms with Crippen molar-refractivity contribution >= 4 is 23.2 Å². The van der Waals surface area contributed by atoms with E-state index in [1.165, 1.54) is 0 Å². The van der Waals surface area contributed by atoms with E-state index in [-0.39, 0.29) is 12.3 Å². The first-order chi connectivity index (χ1) is 11.2. The quantitative estimate of drug-likeness (QED) is 0.809. The van der Waals surface area contributed by atoms with E-state index in [1.807, 2.05) is 16.7 Å². The first kappa shape index (κ1) is 16.2. The molecule has 1 aliphatic heterocycles. The van der Waals surface area contributed by atoms with Crippen molar-refractivity contribution in [2.45, 2.75) is 12.8 Å². The molecule has 0 spiro atoms. The molecular weight excluding hydrogens is 316 g/mol. The Hall–Kier alpha value is -1.63. The van der Waals surface area contributed by atoms with Crippen molar-refractivity contribution in [3.63, 3.8) is 0 Å². The average Bonchev–Trinajstić information content (AvgIpc) is 2.94. The maximum absolute atomic E-state index is 12.0. The first-order valence-electron chi connectivity index (χ1n) is 7.91. The molecule has 1 N–H and O–H groups in total. The fourth-order valence-electron chi connectivity index (χ4n) is 2.68. The lowest BCUT2D eigenvalue weighted by Crippen LogP contribution is -2.38. The van der Waals surface area contributed by atoms with E-state index >= 15 is 0 Å². The van der Waals surface area contributed by atoms with Crippen LogP contribution in [0.4, 0.5) is 0 Å². The second kappa shape index (κ2) is 7.77. The number of halogens is 1. The Bertz CT molecular complexity index is 667. The van der Waals surface area contributed by atoms with Gasteiger partial charge in [0.2, 0.25) is 5.91 Å². The van der Waals surface area contributed by atoms with Gasteiger partial charge >= 0.3 is 0 Å². The fraction of sp³-hybridized carbons (Fsp3) is 0.500. The van der Waals surface area contributed by atoms with Crippen molar-refractivity contribution in [1.82, 2.24) is 19.6 Å². The van der Waals surface area contributed by atoms with Crippen LogP contribution in [0, 0.1) is 0 Å². The van der Waals surface area contributed by atoms with Crippen LogP contribution in [0.5, 0.6) is 0 Å². The SMILES string of the molecule is O=C(Cc1cn2cc(Cl)ccc2n1)NCCCN1CCOCC1. The largest absolute Gasteiger partial charge is 0.379 e. The normalized spacial score (nSPS) is 15.9. The number of imidazole rings is 1. The minimum atomic E-state index is 0.00137. The molecule has 1 aliphatic rings. The zero-order valence-electron chi connectivity index (χ0n) is 13.0. The lowest BCUT2D eigenvalue weighted by Gasteiger charge is -2.26. The lowest BCUT2D eigenvalue weighted by molar-refractivity contribution is -0.120. The zero-order valence-corrected chi connectivity index (χ0v) is 13.8. The number of aromatic nitrogens is 2. The van der Waals surface area contributed by atoms with Crippen molar-refractivity contribution in [1.29, 1.82) is 0 Å². The minimum absolute atomic E-state index is 0.00137. The number of nitrogens with one attached hydrogen (secondary N) is 1. The van der Waals surface area contributed by atoms with Gasteiger partial charge in [-0.15, -0.1) is 0 Å². The molecule has 2 aromatic rings. The maximum atomic E-state index is 12.0. The molecular formula is C16H21ClN4O2. The summed E-state index contributed by atoms with van der Waals surface area (Å²) in [7, 11) is 0. The number of carbonyl (C=O) groups excluding carboxylic acids is 1. The van der Waals surface area contributed by atoms with Crippen LogP contribution in [0.25, 0.3) is 5.65 Å². The summed E-state index contributed by atoms with van der Waals surface area (Å²) in [4.78, 5) is 18.8. The summed E-state index contributed by atoms with van der Waals surface area (Å²) >= 11 is 5.94. The Labute approximate surface area is 140 Å². The van der Waals surface area contributed by atoms with Crippen molar-refractivity contribution in [3.8, 4) is 0 Å². The fourth-order valence-corrected chi connectivity index (χ4v) is 2.85. The molecule has 124 valence electrons. The molecule has 0 unspecified atom stereocenters. The van der Waals surface area contributed by atoms with Crippen molar-refractivity contribution < 1.29 is 9.53 Å². The van der Waals surface area contributed by atoms with Crippen LogP contribution in [-0.2, 0) is 16.0 Å². The smallest absolute Gasteiger partial charge is 0.226 e. The molecule has 0 radical (unpaired) electrons. The van der Waals surface area contributed by atoms with Crippen LogP contribution in [0.1, 0.15) is 12.1 Å². The molecule has 1 amide bonds. The highest BCUT2D eigenvalue weighted by molar-refractivity contribution is 6.30. The second-order valence-corrected chi connectivity index (χ2v) is 6.12. The topological polar surface area (TPSA) is 58.9 Å².